The fourth-order valence-electron chi connectivity index (χ4n) is 5.47. The number of fused-ring (bicyclic) bond motifs is 2. The van der Waals surface area contributed by atoms with Crippen molar-refractivity contribution in [3.05, 3.63) is 71.7 Å². The van der Waals surface area contributed by atoms with Gasteiger partial charge in [0.1, 0.15) is 17.6 Å². The minimum absolute atomic E-state index is 0.0643. The Kier molecular flexibility index (Phi) is 7.86. The van der Waals surface area contributed by atoms with Gasteiger partial charge in [-0.2, -0.15) is 0 Å². The number of imidazole rings is 1. The molecule has 0 bridgehead atoms. The summed E-state index contributed by atoms with van der Waals surface area (Å²) in [5.74, 6) is -1.45. The van der Waals surface area contributed by atoms with Gasteiger partial charge < -0.3 is 31.8 Å². The predicted octanol–water partition coefficient (Wildman–Crippen LogP) is 3.45. The van der Waals surface area contributed by atoms with E-state index in [1.54, 1.807) is 31.3 Å². The van der Waals surface area contributed by atoms with E-state index in [1.807, 2.05) is 24.3 Å². The van der Waals surface area contributed by atoms with Gasteiger partial charge in [-0.15, -0.1) is 0 Å². The van der Waals surface area contributed by atoms with Gasteiger partial charge in [-0.05, 0) is 55.3 Å². The molecule has 2 aromatic carbocycles. The van der Waals surface area contributed by atoms with Crippen molar-refractivity contribution in [3.63, 3.8) is 0 Å². The molecule has 0 aliphatic heterocycles. The Morgan fingerprint density at radius 1 is 1.02 bits per heavy atom. The number of primary amides is 1. The Hall–Kier alpha value is -4.93. The second-order valence-corrected chi connectivity index (χ2v) is 10.4. The molecule has 41 heavy (non-hydrogen) atoms. The number of hydrogen-bond donors (Lipinski definition) is 5. The number of pyridine rings is 1. The highest BCUT2D eigenvalue weighted by molar-refractivity contribution is 5.98. The van der Waals surface area contributed by atoms with Crippen LogP contribution in [-0.4, -0.2) is 50.5 Å². The number of hydrogen-bond acceptors (Lipinski definition) is 7. The lowest BCUT2D eigenvalue weighted by atomic mass is 9.94. The molecule has 212 valence electrons. The number of aromatic carboxylic acids is 1. The number of rotatable bonds is 9. The molecule has 0 radical (unpaired) electrons. The Bertz CT molecular complexity index is 1670. The van der Waals surface area contributed by atoms with Crippen LogP contribution in [0.4, 0.5) is 0 Å². The SMILES string of the molecule is CN/C=C(\N)C[C@H](NC(=O)c1ccc2cc(-c3nc4cc(C(=O)O)ccc4n3C3CCCCC3)ccc2n1)C(N)=O. The molecule has 2 amide bonds. The average molecular weight is 556 g/mol. The van der Waals surface area contributed by atoms with Crippen LogP contribution in [0.15, 0.2) is 60.4 Å². The molecule has 1 fully saturated rings. The number of carbonyl (C=O) groups is 3. The van der Waals surface area contributed by atoms with Gasteiger partial charge in [0, 0.05) is 42.4 Å². The summed E-state index contributed by atoms with van der Waals surface area (Å²) in [4.78, 5) is 45.8. The second kappa shape index (κ2) is 11.7. The van der Waals surface area contributed by atoms with Crippen molar-refractivity contribution >= 4 is 39.7 Å². The van der Waals surface area contributed by atoms with Crippen molar-refractivity contribution < 1.29 is 19.5 Å². The van der Waals surface area contributed by atoms with E-state index in [0.717, 1.165) is 48.0 Å². The van der Waals surface area contributed by atoms with Crippen LogP contribution in [0, 0.1) is 0 Å². The predicted molar refractivity (Wildman–Crippen MR) is 156 cm³/mol. The van der Waals surface area contributed by atoms with E-state index in [0.29, 0.717) is 16.7 Å². The largest absolute Gasteiger partial charge is 0.478 e. The molecule has 2 aromatic heterocycles. The van der Waals surface area contributed by atoms with Crippen molar-refractivity contribution in [1.82, 2.24) is 25.2 Å². The fourth-order valence-corrected chi connectivity index (χ4v) is 5.47. The van der Waals surface area contributed by atoms with Gasteiger partial charge in [-0.25, -0.2) is 14.8 Å². The zero-order valence-corrected chi connectivity index (χ0v) is 22.8. The molecular weight excluding hydrogens is 522 g/mol. The molecule has 4 aromatic rings. The molecule has 0 unspecified atom stereocenters. The topological polar surface area (TPSA) is 178 Å². The molecular formula is C30H33N7O4. The van der Waals surface area contributed by atoms with E-state index in [9.17, 15) is 19.5 Å². The van der Waals surface area contributed by atoms with Crippen LogP contribution in [0.1, 0.15) is 65.4 Å². The number of aromatic nitrogens is 3. The van der Waals surface area contributed by atoms with E-state index in [4.69, 9.17) is 16.5 Å². The van der Waals surface area contributed by atoms with E-state index < -0.39 is 23.8 Å². The molecule has 2 heterocycles. The van der Waals surface area contributed by atoms with Crippen molar-refractivity contribution in [3.8, 4) is 11.4 Å². The van der Waals surface area contributed by atoms with Crippen LogP contribution >= 0.6 is 0 Å². The van der Waals surface area contributed by atoms with Crippen LogP contribution in [0.2, 0.25) is 0 Å². The number of carboxylic acids is 1. The van der Waals surface area contributed by atoms with Gasteiger partial charge in [0.25, 0.3) is 5.91 Å². The first-order chi connectivity index (χ1) is 19.7. The van der Waals surface area contributed by atoms with Crippen molar-refractivity contribution in [2.45, 2.75) is 50.6 Å². The highest BCUT2D eigenvalue weighted by atomic mass is 16.4. The Morgan fingerprint density at radius 3 is 2.51 bits per heavy atom. The first-order valence-electron chi connectivity index (χ1n) is 13.6. The number of carbonyl (C=O) groups excluding carboxylic acids is 2. The maximum absolute atomic E-state index is 12.9. The van der Waals surface area contributed by atoms with Crippen LogP contribution < -0.4 is 22.1 Å². The molecule has 1 aliphatic carbocycles. The summed E-state index contributed by atoms with van der Waals surface area (Å²) in [5, 5.41) is 15.7. The summed E-state index contributed by atoms with van der Waals surface area (Å²) in [6, 6.07) is 13.5. The minimum atomic E-state index is -0.989. The summed E-state index contributed by atoms with van der Waals surface area (Å²) >= 11 is 0. The molecule has 1 aliphatic rings. The highest BCUT2D eigenvalue weighted by Crippen LogP contribution is 2.36. The zero-order valence-electron chi connectivity index (χ0n) is 22.8. The summed E-state index contributed by atoms with van der Waals surface area (Å²) in [6.07, 6.45) is 7.15. The monoisotopic (exact) mass is 555 g/mol. The molecule has 0 saturated heterocycles. The van der Waals surface area contributed by atoms with E-state index in [1.165, 1.54) is 12.6 Å². The fraction of sp³-hybridized carbons (Fsp3) is 0.300. The van der Waals surface area contributed by atoms with Gasteiger partial charge in [-0.1, -0.05) is 25.3 Å². The lowest BCUT2D eigenvalue weighted by Gasteiger charge is -2.25. The normalized spacial score (nSPS) is 15.1. The van der Waals surface area contributed by atoms with Crippen molar-refractivity contribution in [2.75, 3.05) is 7.05 Å². The van der Waals surface area contributed by atoms with Crippen LogP contribution in [0.3, 0.4) is 0 Å². The Morgan fingerprint density at radius 2 is 1.80 bits per heavy atom. The number of nitrogens with zero attached hydrogens (tertiary/aromatic N) is 3. The zero-order chi connectivity index (χ0) is 29.1. The molecule has 1 atom stereocenters. The smallest absolute Gasteiger partial charge is 0.335 e. The molecule has 11 heteroatoms. The lowest BCUT2D eigenvalue weighted by Crippen LogP contribution is -2.45. The number of nitrogens with two attached hydrogens (primary N) is 2. The maximum atomic E-state index is 12.9. The highest BCUT2D eigenvalue weighted by Gasteiger charge is 2.24. The molecule has 11 nitrogen and oxygen atoms in total. The summed E-state index contributed by atoms with van der Waals surface area (Å²) in [7, 11) is 1.68. The van der Waals surface area contributed by atoms with Gasteiger partial charge in [-0.3, -0.25) is 9.59 Å². The van der Waals surface area contributed by atoms with Crippen molar-refractivity contribution in [2.24, 2.45) is 11.5 Å². The van der Waals surface area contributed by atoms with Crippen LogP contribution in [0.5, 0.6) is 0 Å². The molecule has 0 spiro atoms. The van der Waals surface area contributed by atoms with E-state index in [2.05, 4.69) is 20.2 Å². The quantitative estimate of drug-likeness (QED) is 0.208. The number of nitrogens with one attached hydrogen (secondary N) is 2. The maximum Gasteiger partial charge on any atom is 0.335 e. The van der Waals surface area contributed by atoms with E-state index >= 15 is 0 Å². The van der Waals surface area contributed by atoms with Crippen molar-refractivity contribution in [1.29, 1.82) is 0 Å². The molecule has 5 rings (SSSR count). The van der Waals surface area contributed by atoms with E-state index in [-0.39, 0.29) is 23.7 Å². The first kappa shape index (κ1) is 27.6. The third-order valence-electron chi connectivity index (χ3n) is 7.47. The average Bonchev–Trinajstić information content (AvgIpc) is 3.35. The molecule has 1 saturated carbocycles. The first-order valence-corrected chi connectivity index (χ1v) is 13.6. The molecule has 7 N–H and O–H groups in total. The van der Waals surface area contributed by atoms with Gasteiger partial charge in [0.2, 0.25) is 5.91 Å². The summed E-state index contributed by atoms with van der Waals surface area (Å²) in [6.45, 7) is 0. The third kappa shape index (κ3) is 5.84. The minimum Gasteiger partial charge on any atom is -0.478 e. The lowest BCUT2D eigenvalue weighted by molar-refractivity contribution is -0.119. The third-order valence-corrected chi connectivity index (χ3v) is 7.47. The Balaban J connectivity index is 1.48. The Labute approximate surface area is 236 Å². The second-order valence-electron chi connectivity index (χ2n) is 10.4. The standard InChI is InChI=1S/C30H33N7O4/c1-33-16-20(31)15-25(27(32)38)36-29(39)23-11-7-17-13-18(8-10-22(17)34-23)28-35-24-14-19(30(40)41)9-12-26(24)37(28)21-5-3-2-4-6-21/h7-14,16,21,25,33H,2-6,15,31H2,1H3,(H2,32,38)(H,36,39)(H,40,41)/b20-16-/t25-/m0/s1. The number of carboxylic acid groups (broad SMARTS) is 1. The number of amides is 2. The van der Waals surface area contributed by atoms with Crippen LogP contribution in [-0.2, 0) is 4.79 Å². The van der Waals surface area contributed by atoms with Gasteiger partial charge in [0.05, 0.1) is 22.1 Å². The number of benzene rings is 2. The van der Waals surface area contributed by atoms with Gasteiger partial charge >= 0.3 is 5.97 Å². The summed E-state index contributed by atoms with van der Waals surface area (Å²) < 4.78 is 2.24. The summed E-state index contributed by atoms with van der Waals surface area (Å²) in [5.41, 5.74) is 15.1. The van der Waals surface area contributed by atoms with Gasteiger partial charge in [0.15, 0.2) is 0 Å². The van der Waals surface area contributed by atoms with Crippen LogP contribution in [0.25, 0.3) is 33.3 Å².